The number of hydrogen-bond donors (Lipinski definition) is 0. The van der Waals surface area contributed by atoms with E-state index in [9.17, 15) is 9.18 Å². The Morgan fingerprint density at radius 2 is 2.35 bits per heavy atom. The molecule has 8 heteroatoms. The van der Waals surface area contributed by atoms with Crippen LogP contribution in [0, 0.1) is 0 Å². The van der Waals surface area contributed by atoms with Gasteiger partial charge in [0.1, 0.15) is 17.7 Å². The van der Waals surface area contributed by atoms with E-state index in [4.69, 9.17) is 0 Å². The van der Waals surface area contributed by atoms with Gasteiger partial charge in [-0.2, -0.15) is 0 Å². The van der Waals surface area contributed by atoms with E-state index in [0.29, 0.717) is 31.7 Å². The smallest absolute Gasteiger partial charge is 0.273 e. The van der Waals surface area contributed by atoms with Crippen molar-refractivity contribution in [3.05, 3.63) is 34.8 Å². The standard InChI is InChI=1S/C15H20FN5OS/c1-19-4-3-17-14(19)8-21-6-11(16)5-12(21)7-20(2)15(22)13-9-23-10-18-13/h3-4,9-12H,5-8H2,1-2H3/t11-,12-/m0/s1. The fourth-order valence-electron chi connectivity index (χ4n) is 2.95. The number of alkyl halides is 1. The van der Waals surface area contributed by atoms with Gasteiger partial charge in [0.05, 0.1) is 12.1 Å². The molecule has 23 heavy (non-hydrogen) atoms. The number of imidazole rings is 1. The van der Waals surface area contributed by atoms with Crippen molar-refractivity contribution in [1.82, 2.24) is 24.3 Å². The van der Waals surface area contributed by atoms with Crippen molar-refractivity contribution in [3.63, 3.8) is 0 Å². The average Bonchev–Trinajstić information content (AvgIpc) is 3.23. The predicted octanol–water partition coefficient (Wildman–Crippen LogP) is 1.56. The number of thiazole rings is 1. The molecule has 124 valence electrons. The van der Waals surface area contributed by atoms with Crippen molar-refractivity contribution in [2.24, 2.45) is 7.05 Å². The van der Waals surface area contributed by atoms with Crippen molar-refractivity contribution in [3.8, 4) is 0 Å². The van der Waals surface area contributed by atoms with E-state index in [-0.39, 0.29) is 11.9 Å². The Bertz CT molecular complexity index is 659. The van der Waals surface area contributed by atoms with Gasteiger partial charge in [-0.3, -0.25) is 9.69 Å². The van der Waals surface area contributed by atoms with Gasteiger partial charge < -0.3 is 9.47 Å². The third-order valence-electron chi connectivity index (χ3n) is 4.23. The zero-order chi connectivity index (χ0) is 16.4. The first-order valence-corrected chi connectivity index (χ1v) is 8.47. The maximum atomic E-state index is 13.9. The number of nitrogens with zero attached hydrogens (tertiary/aromatic N) is 5. The van der Waals surface area contributed by atoms with Gasteiger partial charge in [-0.1, -0.05) is 0 Å². The van der Waals surface area contributed by atoms with E-state index >= 15 is 0 Å². The molecule has 0 aromatic carbocycles. The van der Waals surface area contributed by atoms with Gasteiger partial charge in [-0.15, -0.1) is 11.3 Å². The molecule has 3 heterocycles. The molecular weight excluding hydrogens is 317 g/mol. The highest BCUT2D eigenvalue weighted by Crippen LogP contribution is 2.23. The number of carbonyl (C=O) groups is 1. The number of halogens is 1. The number of carbonyl (C=O) groups excluding carboxylic acids is 1. The molecule has 1 saturated heterocycles. The molecule has 0 aliphatic carbocycles. The molecule has 1 amide bonds. The van der Waals surface area contributed by atoms with Gasteiger partial charge in [0.2, 0.25) is 0 Å². The summed E-state index contributed by atoms with van der Waals surface area (Å²) in [6, 6.07) is -0.00529. The molecule has 1 aliphatic heterocycles. The molecule has 2 aromatic heterocycles. The lowest BCUT2D eigenvalue weighted by Gasteiger charge is -2.27. The molecule has 1 aliphatic rings. The summed E-state index contributed by atoms with van der Waals surface area (Å²) < 4.78 is 15.8. The summed E-state index contributed by atoms with van der Waals surface area (Å²) in [7, 11) is 3.67. The van der Waals surface area contributed by atoms with Crippen LogP contribution in [0.3, 0.4) is 0 Å². The minimum absolute atomic E-state index is 0.00529. The van der Waals surface area contributed by atoms with Crippen LogP contribution in [0.4, 0.5) is 4.39 Å². The van der Waals surface area contributed by atoms with E-state index in [0.717, 1.165) is 5.82 Å². The maximum Gasteiger partial charge on any atom is 0.273 e. The van der Waals surface area contributed by atoms with Gasteiger partial charge in [-0.05, 0) is 6.42 Å². The van der Waals surface area contributed by atoms with Crippen molar-refractivity contribution >= 4 is 17.2 Å². The lowest BCUT2D eigenvalue weighted by atomic mass is 10.2. The highest BCUT2D eigenvalue weighted by molar-refractivity contribution is 7.07. The van der Waals surface area contributed by atoms with Crippen LogP contribution >= 0.6 is 11.3 Å². The van der Waals surface area contributed by atoms with Crippen LogP contribution in [-0.4, -0.2) is 62.6 Å². The number of likely N-dealkylation sites (N-methyl/N-ethyl adjacent to an activating group) is 1. The third-order valence-corrected chi connectivity index (χ3v) is 4.81. The number of likely N-dealkylation sites (tertiary alicyclic amines) is 1. The van der Waals surface area contributed by atoms with Crippen molar-refractivity contribution in [2.45, 2.75) is 25.2 Å². The maximum absolute atomic E-state index is 13.9. The highest BCUT2D eigenvalue weighted by Gasteiger charge is 2.34. The Balaban J connectivity index is 1.65. The van der Waals surface area contributed by atoms with Gasteiger partial charge in [0.25, 0.3) is 5.91 Å². The predicted molar refractivity (Wildman–Crippen MR) is 86.0 cm³/mol. The topological polar surface area (TPSA) is 54.3 Å². The second-order valence-electron chi connectivity index (χ2n) is 5.93. The second kappa shape index (κ2) is 6.76. The van der Waals surface area contributed by atoms with Crippen LogP contribution in [0.2, 0.25) is 0 Å². The second-order valence-corrected chi connectivity index (χ2v) is 6.65. The zero-order valence-corrected chi connectivity index (χ0v) is 14.0. The van der Waals surface area contributed by atoms with Crippen LogP contribution in [0.5, 0.6) is 0 Å². The summed E-state index contributed by atoms with van der Waals surface area (Å²) in [6.07, 6.45) is 3.21. The van der Waals surface area contributed by atoms with Crippen LogP contribution in [0.1, 0.15) is 22.7 Å². The van der Waals surface area contributed by atoms with Crippen molar-refractivity contribution in [1.29, 1.82) is 0 Å². The van der Waals surface area contributed by atoms with E-state index in [1.54, 1.807) is 29.0 Å². The van der Waals surface area contributed by atoms with Gasteiger partial charge in [0.15, 0.2) is 0 Å². The fraction of sp³-hybridized carbons (Fsp3) is 0.533. The molecule has 0 radical (unpaired) electrons. The lowest BCUT2D eigenvalue weighted by Crippen LogP contribution is -2.41. The Labute approximate surface area is 138 Å². The van der Waals surface area contributed by atoms with E-state index < -0.39 is 6.17 Å². The first kappa shape index (κ1) is 16.1. The number of aromatic nitrogens is 3. The molecule has 6 nitrogen and oxygen atoms in total. The highest BCUT2D eigenvalue weighted by atomic mass is 32.1. The summed E-state index contributed by atoms with van der Waals surface area (Å²) >= 11 is 1.39. The molecule has 2 aromatic rings. The van der Waals surface area contributed by atoms with Gasteiger partial charge in [0, 0.05) is 51.0 Å². The Morgan fingerprint density at radius 3 is 3.00 bits per heavy atom. The van der Waals surface area contributed by atoms with Gasteiger partial charge in [-0.25, -0.2) is 14.4 Å². The summed E-state index contributed by atoms with van der Waals surface area (Å²) in [6.45, 7) is 1.46. The normalized spacial score (nSPS) is 21.7. The first-order valence-electron chi connectivity index (χ1n) is 7.52. The zero-order valence-electron chi connectivity index (χ0n) is 13.2. The number of hydrogen-bond acceptors (Lipinski definition) is 5. The van der Waals surface area contributed by atoms with E-state index in [2.05, 4.69) is 14.9 Å². The summed E-state index contributed by atoms with van der Waals surface area (Å²) in [5.74, 6) is 0.781. The molecular formula is C15H20FN5OS. The van der Waals surface area contributed by atoms with Gasteiger partial charge >= 0.3 is 0 Å². The molecule has 0 N–H and O–H groups in total. The Kier molecular flexibility index (Phi) is 4.72. The SMILES string of the molecule is CN(C[C@@H]1C[C@H](F)CN1Cc1nccn1C)C(=O)c1cscn1. The lowest BCUT2D eigenvalue weighted by molar-refractivity contribution is 0.0743. The third kappa shape index (κ3) is 3.59. The minimum atomic E-state index is -0.858. The fourth-order valence-corrected chi connectivity index (χ4v) is 3.48. The van der Waals surface area contributed by atoms with Crippen LogP contribution < -0.4 is 0 Å². The number of rotatable bonds is 5. The van der Waals surface area contributed by atoms with Crippen molar-refractivity contribution in [2.75, 3.05) is 20.1 Å². The number of amides is 1. The minimum Gasteiger partial charge on any atom is -0.339 e. The molecule has 0 spiro atoms. The molecule has 0 bridgehead atoms. The molecule has 1 fully saturated rings. The van der Waals surface area contributed by atoms with Crippen LogP contribution in [-0.2, 0) is 13.6 Å². The van der Waals surface area contributed by atoms with Crippen LogP contribution in [0.15, 0.2) is 23.3 Å². The largest absolute Gasteiger partial charge is 0.339 e. The summed E-state index contributed by atoms with van der Waals surface area (Å²) in [4.78, 5) is 24.3. The monoisotopic (exact) mass is 337 g/mol. The average molecular weight is 337 g/mol. The Morgan fingerprint density at radius 1 is 1.52 bits per heavy atom. The molecule has 0 unspecified atom stereocenters. The van der Waals surface area contributed by atoms with Crippen molar-refractivity contribution < 1.29 is 9.18 Å². The quantitative estimate of drug-likeness (QED) is 0.831. The molecule has 3 rings (SSSR count). The molecule has 0 saturated carbocycles. The van der Waals surface area contributed by atoms with Crippen LogP contribution in [0.25, 0.3) is 0 Å². The molecule has 2 atom stereocenters. The van der Waals surface area contributed by atoms with E-state index in [1.165, 1.54) is 11.3 Å². The summed E-state index contributed by atoms with van der Waals surface area (Å²) in [5.41, 5.74) is 2.09. The van der Waals surface area contributed by atoms with E-state index in [1.807, 2.05) is 17.8 Å². The Hall–Kier alpha value is -1.80. The number of aryl methyl sites for hydroxylation is 1. The summed E-state index contributed by atoms with van der Waals surface area (Å²) in [5, 5.41) is 1.73. The first-order chi connectivity index (χ1) is 11.0.